The second-order valence-corrected chi connectivity index (χ2v) is 7.28. The number of halogens is 3. The minimum absolute atomic E-state index is 0.103. The summed E-state index contributed by atoms with van der Waals surface area (Å²) < 4.78 is 40.5. The van der Waals surface area contributed by atoms with Gasteiger partial charge in [-0.05, 0) is 56.7 Å². The van der Waals surface area contributed by atoms with Gasteiger partial charge in [0.05, 0.1) is 28.7 Å². The van der Waals surface area contributed by atoms with E-state index in [0.717, 1.165) is 37.8 Å². The first-order valence-electron chi connectivity index (χ1n) is 8.91. The van der Waals surface area contributed by atoms with Crippen LogP contribution in [0.15, 0.2) is 30.5 Å². The van der Waals surface area contributed by atoms with Gasteiger partial charge in [-0.3, -0.25) is 4.79 Å². The van der Waals surface area contributed by atoms with Crippen molar-refractivity contribution in [2.75, 3.05) is 0 Å². The molecule has 1 N–H and O–H groups in total. The zero-order valence-electron chi connectivity index (χ0n) is 14.4. The lowest BCUT2D eigenvalue weighted by molar-refractivity contribution is -0.137. The summed E-state index contributed by atoms with van der Waals surface area (Å²) in [5.74, 6) is 0.510. The molecule has 4 nitrogen and oxygen atoms in total. The number of rotatable bonds is 5. The van der Waals surface area contributed by atoms with Crippen molar-refractivity contribution in [3.63, 3.8) is 0 Å². The molecule has 0 radical (unpaired) electrons. The van der Waals surface area contributed by atoms with Gasteiger partial charge in [0.1, 0.15) is 0 Å². The fourth-order valence-corrected chi connectivity index (χ4v) is 3.30. The van der Waals surface area contributed by atoms with E-state index in [1.54, 1.807) is 6.07 Å². The van der Waals surface area contributed by atoms with Crippen LogP contribution < -0.4 is 5.32 Å². The predicted molar refractivity (Wildman–Crippen MR) is 90.2 cm³/mol. The Kier molecular flexibility index (Phi) is 4.04. The SMILES string of the molecule is CC(NC(=O)c1cnn(-c2cccc(C(F)(F)F)c2)c1C1CC1)C1CC1. The van der Waals surface area contributed by atoms with Crippen molar-refractivity contribution in [2.24, 2.45) is 5.92 Å². The van der Waals surface area contributed by atoms with Gasteiger partial charge in [0.15, 0.2) is 0 Å². The van der Waals surface area contributed by atoms with E-state index in [1.165, 1.54) is 16.9 Å². The largest absolute Gasteiger partial charge is 0.416 e. The van der Waals surface area contributed by atoms with Crippen LogP contribution in [0.5, 0.6) is 0 Å². The van der Waals surface area contributed by atoms with Crippen molar-refractivity contribution < 1.29 is 18.0 Å². The first-order valence-corrected chi connectivity index (χ1v) is 8.91. The van der Waals surface area contributed by atoms with Crippen molar-refractivity contribution in [2.45, 2.75) is 50.7 Å². The molecular weight excluding hydrogens is 343 g/mol. The van der Waals surface area contributed by atoms with Gasteiger partial charge in [-0.25, -0.2) is 4.68 Å². The number of alkyl halides is 3. The Hall–Kier alpha value is -2.31. The zero-order chi connectivity index (χ0) is 18.5. The average molecular weight is 363 g/mol. The number of nitrogens with zero attached hydrogens (tertiary/aromatic N) is 2. The molecule has 26 heavy (non-hydrogen) atoms. The Morgan fingerprint density at radius 1 is 1.27 bits per heavy atom. The second kappa shape index (κ2) is 6.14. The number of aromatic nitrogens is 2. The van der Waals surface area contributed by atoms with E-state index in [-0.39, 0.29) is 17.9 Å². The van der Waals surface area contributed by atoms with Gasteiger partial charge in [0, 0.05) is 12.0 Å². The number of amides is 1. The number of carbonyl (C=O) groups is 1. The van der Waals surface area contributed by atoms with Crippen molar-refractivity contribution >= 4 is 5.91 Å². The highest BCUT2D eigenvalue weighted by Crippen LogP contribution is 2.43. The van der Waals surface area contributed by atoms with Crippen LogP contribution in [0.4, 0.5) is 13.2 Å². The fraction of sp³-hybridized carbons (Fsp3) is 0.474. The third-order valence-corrected chi connectivity index (χ3v) is 5.12. The van der Waals surface area contributed by atoms with Crippen LogP contribution in [-0.4, -0.2) is 21.7 Å². The smallest absolute Gasteiger partial charge is 0.349 e. The standard InChI is InChI=1S/C19H20F3N3O/c1-11(12-5-6-12)24-18(26)16-10-23-25(17(16)13-7-8-13)15-4-2-3-14(9-15)19(20,21)22/h2-4,9-13H,5-8H2,1H3,(H,24,26). The molecule has 1 unspecified atom stereocenters. The molecule has 4 rings (SSSR count). The minimum Gasteiger partial charge on any atom is -0.349 e. The third-order valence-electron chi connectivity index (χ3n) is 5.12. The Labute approximate surface area is 149 Å². The Morgan fingerprint density at radius 3 is 2.62 bits per heavy atom. The van der Waals surface area contributed by atoms with Crippen LogP contribution in [0.3, 0.4) is 0 Å². The van der Waals surface area contributed by atoms with Gasteiger partial charge < -0.3 is 5.32 Å². The molecule has 1 atom stereocenters. The quantitative estimate of drug-likeness (QED) is 0.861. The summed E-state index contributed by atoms with van der Waals surface area (Å²) in [5.41, 5.74) is 0.791. The highest BCUT2D eigenvalue weighted by molar-refractivity contribution is 5.95. The molecule has 2 aromatic rings. The highest BCUT2D eigenvalue weighted by Gasteiger charge is 2.36. The van der Waals surface area contributed by atoms with E-state index in [1.807, 2.05) is 6.92 Å². The van der Waals surface area contributed by atoms with E-state index < -0.39 is 11.7 Å². The number of hydrogen-bond acceptors (Lipinski definition) is 2. The third kappa shape index (κ3) is 3.34. The fourth-order valence-electron chi connectivity index (χ4n) is 3.30. The molecular formula is C19H20F3N3O. The minimum atomic E-state index is -4.41. The molecule has 0 saturated heterocycles. The lowest BCUT2D eigenvalue weighted by Gasteiger charge is -2.14. The Bertz CT molecular complexity index is 835. The number of carbonyl (C=O) groups excluding carboxylic acids is 1. The van der Waals surface area contributed by atoms with Gasteiger partial charge in [-0.15, -0.1) is 0 Å². The van der Waals surface area contributed by atoms with Crippen LogP contribution in [0.1, 0.15) is 60.1 Å². The van der Waals surface area contributed by atoms with Crippen molar-refractivity contribution in [1.82, 2.24) is 15.1 Å². The summed E-state index contributed by atoms with van der Waals surface area (Å²) in [6.45, 7) is 1.99. The van der Waals surface area contributed by atoms with E-state index in [2.05, 4.69) is 10.4 Å². The van der Waals surface area contributed by atoms with Crippen molar-refractivity contribution in [1.29, 1.82) is 0 Å². The molecule has 0 spiro atoms. The van der Waals surface area contributed by atoms with Gasteiger partial charge >= 0.3 is 6.18 Å². The lowest BCUT2D eigenvalue weighted by atomic mass is 10.1. The summed E-state index contributed by atoms with van der Waals surface area (Å²) in [4.78, 5) is 12.7. The molecule has 1 amide bonds. The first kappa shape index (κ1) is 17.1. The lowest BCUT2D eigenvalue weighted by Crippen LogP contribution is -2.34. The Morgan fingerprint density at radius 2 is 2.00 bits per heavy atom. The van der Waals surface area contributed by atoms with E-state index in [0.29, 0.717) is 22.9 Å². The Balaban J connectivity index is 1.67. The molecule has 2 aliphatic rings. The predicted octanol–water partition coefficient (Wildman–Crippen LogP) is 4.30. The van der Waals surface area contributed by atoms with Gasteiger partial charge in [0.2, 0.25) is 0 Å². The first-order chi connectivity index (χ1) is 12.3. The van der Waals surface area contributed by atoms with Gasteiger partial charge in [-0.1, -0.05) is 6.07 Å². The summed E-state index contributed by atoms with van der Waals surface area (Å²) in [6.07, 6.45) is 1.15. The number of benzene rings is 1. The average Bonchev–Trinajstić information content (AvgIpc) is 3.51. The van der Waals surface area contributed by atoms with Gasteiger partial charge in [-0.2, -0.15) is 18.3 Å². The summed E-state index contributed by atoms with van der Waals surface area (Å²) in [6, 6.07) is 5.17. The van der Waals surface area contributed by atoms with Crippen LogP contribution in [0, 0.1) is 5.92 Å². The number of hydrogen-bond donors (Lipinski definition) is 1. The van der Waals surface area contributed by atoms with Crippen LogP contribution >= 0.6 is 0 Å². The van der Waals surface area contributed by atoms with E-state index >= 15 is 0 Å². The normalized spacial score (nSPS) is 18.6. The van der Waals surface area contributed by atoms with Crippen LogP contribution in [-0.2, 0) is 6.18 Å². The topological polar surface area (TPSA) is 46.9 Å². The summed E-state index contributed by atoms with van der Waals surface area (Å²) >= 11 is 0. The molecule has 0 bridgehead atoms. The van der Waals surface area contributed by atoms with Crippen molar-refractivity contribution in [3.05, 3.63) is 47.3 Å². The maximum Gasteiger partial charge on any atom is 0.416 e. The molecule has 138 valence electrons. The highest BCUT2D eigenvalue weighted by atomic mass is 19.4. The second-order valence-electron chi connectivity index (χ2n) is 7.28. The van der Waals surface area contributed by atoms with E-state index in [4.69, 9.17) is 0 Å². The van der Waals surface area contributed by atoms with Gasteiger partial charge in [0.25, 0.3) is 5.91 Å². The monoisotopic (exact) mass is 363 g/mol. The molecule has 1 aromatic carbocycles. The molecule has 0 aliphatic heterocycles. The number of nitrogens with one attached hydrogen (secondary N) is 1. The van der Waals surface area contributed by atoms with E-state index in [9.17, 15) is 18.0 Å². The molecule has 7 heteroatoms. The zero-order valence-corrected chi connectivity index (χ0v) is 14.4. The van der Waals surface area contributed by atoms with Crippen molar-refractivity contribution in [3.8, 4) is 5.69 Å². The molecule has 1 heterocycles. The molecule has 2 saturated carbocycles. The molecule has 2 aliphatic carbocycles. The van der Waals surface area contributed by atoms with Crippen LogP contribution in [0.2, 0.25) is 0 Å². The molecule has 2 fully saturated rings. The molecule has 1 aromatic heterocycles. The maximum atomic E-state index is 13.0. The summed E-state index contributed by atoms with van der Waals surface area (Å²) in [7, 11) is 0. The maximum absolute atomic E-state index is 13.0. The van der Waals surface area contributed by atoms with Crippen LogP contribution in [0.25, 0.3) is 5.69 Å². The summed E-state index contributed by atoms with van der Waals surface area (Å²) in [5, 5.41) is 7.26.